The summed E-state index contributed by atoms with van der Waals surface area (Å²) in [5.74, 6) is -2.91. The van der Waals surface area contributed by atoms with Gasteiger partial charge >= 0.3 is 17.9 Å². The molecule has 0 saturated carbocycles. The Morgan fingerprint density at radius 3 is 1.29 bits per heavy atom. The molecule has 2 atom stereocenters. The SMILES string of the molecule is C(OCC1CO1)C1CO1.C=CC(=O)O.O=C(O)CS.O=C(O)CS.OCCO. The van der Waals surface area contributed by atoms with Crippen LogP contribution in [0, 0.1) is 0 Å². The Morgan fingerprint density at radius 2 is 1.18 bits per heavy atom. The first-order chi connectivity index (χ1) is 13.2. The molecule has 2 fully saturated rings. The third-order valence-electron chi connectivity index (χ3n) is 1.96. The Morgan fingerprint density at radius 1 is 0.929 bits per heavy atom. The van der Waals surface area contributed by atoms with Crippen molar-refractivity contribution in [1.82, 2.24) is 0 Å². The highest BCUT2D eigenvalue weighted by atomic mass is 32.1. The molecule has 166 valence electrons. The number of hydrogen-bond donors (Lipinski definition) is 7. The lowest BCUT2D eigenvalue weighted by Gasteiger charge is -1.95. The molecule has 0 amide bonds. The molecule has 0 aromatic carbocycles. The van der Waals surface area contributed by atoms with Gasteiger partial charge in [0.05, 0.1) is 51.1 Å². The summed E-state index contributed by atoms with van der Waals surface area (Å²) in [5.41, 5.74) is 0. The van der Waals surface area contributed by atoms with Gasteiger partial charge in [0, 0.05) is 6.08 Å². The highest BCUT2D eigenvalue weighted by Crippen LogP contribution is 2.12. The van der Waals surface area contributed by atoms with Crippen molar-refractivity contribution >= 4 is 43.2 Å². The van der Waals surface area contributed by atoms with E-state index in [-0.39, 0.29) is 24.7 Å². The van der Waals surface area contributed by atoms with E-state index in [0.29, 0.717) is 12.2 Å². The Bertz CT molecular complexity index is 385. The largest absolute Gasteiger partial charge is 0.481 e. The molecule has 0 radical (unpaired) electrons. The smallest absolute Gasteiger partial charge is 0.327 e. The van der Waals surface area contributed by atoms with E-state index in [9.17, 15) is 14.4 Å². The first kappa shape index (κ1) is 31.3. The number of epoxide rings is 2. The van der Waals surface area contributed by atoms with Crippen LogP contribution in [0.3, 0.4) is 0 Å². The number of carboxylic acid groups (broad SMARTS) is 3. The third kappa shape index (κ3) is 44.3. The zero-order valence-corrected chi connectivity index (χ0v) is 17.0. The average Bonchev–Trinajstić information content (AvgIpc) is 3.59. The summed E-state index contributed by atoms with van der Waals surface area (Å²) in [6.07, 6.45) is 1.62. The number of hydrogen-bond acceptors (Lipinski definition) is 10. The Labute approximate surface area is 173 Å². The molecule has 0 spiro atoms. The lowest BCUT2D eigenvalue weighted by Crippen LogP contribution is -2.06. The molecule has 2 aliphatic heterocycles. The van der Waals surface area contributed by atoms with Crippen molar-refractivity contribution in [3.05, 3.63) is 12.7 Å². The van der Waals surface area contributed by atoms with Gasteiger partial charge in [0.15, 0.2) is 0 Å². The second-order valence-electron chi connectivity index (χ2n) is 4.54. The van der Waals surface area contributed by atoms with Gasteiger partial charge in [0.25, 0.3) is 0 Å². The van der Waals surface area contributed by atoms with Crippen molar-refractivity contribution in [2.45, 2.75) is 12.2 Å². The molecule has 2 unspecified atom stereocenters. The molecule has 2 rings (SSSR count). The van der Waals surface area contributed by atoms with Gasteiger partial charge in [-0.05, 0) is 0 Å². The fraction of sp³-hybridized carbons (Fsp3) is 0.667. The zero-order valence-electron chi connectivity index (χ0n) is 15.2. The third-order valence-corrected chi connectivity index (χ3v) is 2.50. The van der Waals surface area contributed by atoms with E-state index in [1.807, 2.05) is 0 Å². The van der Waals surface area contributed by atoms with Crippen LogP contribution < -0.4 is 0 Å². The van der Waals surface area contributed by atoms with Crippen LogP contribution in [-0.4, -0.2) is 107 Å². The fourth-order valence-electron chi connectivity index (χ4n) is 0.659. The van der Waals surface area contributed by atoms with Crippen molar-refractivity contribution in [3.63, 3.8) is 0 Å². The molecular formula is C15H28O11S2. The van der Waals surface area contributed by atoms with Gasteiger partial charge in [0.2, 0.25) is 0 Å². The fourth-order valence-corrected chi connectivity index (χ4v) is 0.659. The van der Waals surface area contributed by atoms with E-state index in [1.54, 1.807) is 0 Å². The lowest BCUT2D eigenvalue weighted by atomic mass is 10.5. The summed E-state index contributed by atoms with van der Waals surface area (Å²) < 4.78 is 15.1. The maximum Gasteiger partial charge on any atom is 0.327 e. The molecule has 0 aromatic heterocycles. The maximum absolute atomic E-state index is 9.29. The minimum atomic E-state index is -0.981. The molecule has 0 aliphatic carbocycles. The van der Waals surface area contributed by atoms with Crippen molar-refractivity contribution in [2.75, 3.05) is 51.1 Å². The zero-order chi connectivity index (χ0) is 22.4. The number of carboxylic acids is 3. The standard InChI is InChI=1S/C6H10O3.C3H4O2.2C2H4O2S.C2H6O2/c1(5-3-8-5)7-2-6-4-9-6;1-2-3(4)5;2*3-2(4)1-5;3-1-2-4/h5-6H,1-4H2;2H,1H2,(H,4,5);2*5H,1H2,(H,3,4);3-4H,1-2H2. The number of aliphatic hydroxyl groups is 2. The van der Waals surface area contributed by atoms with Gasteiger partial charge in [-0.25, -0.2) is 4.79 Å². The quantitative estimate of drug-likeness (QED) is 0.138. The molecule has 2 saturated heterocycles. The molecular weight excluding hydrogens is 420 g/mol. The number of aliphatic hydroxyl groups excluding tert-OH is 2. The molecule has 5 N–H and O–H groups in total. The van der Waals surface area contributed by atoms with Gasteiger partial charge in [-0.2, -0.15) is 25.3 Å². The summed E-state index contributed by atoms with van der Waals surface area (Å²) in [7, 11) is 0. The Hall–Kier alpha value is -1.35. The van der Waals surface area contributed by atoms with Crippen LogP contribution in [0.1, 0.15) is 0 Å². The summed E-state index contributed by atoms with van der Waals surface area (Å²) in [5, 5.41) is 38.1. The number of thiol groups is 2. The summed E-state index contributed by atoms with van der Waals surface area (Å²) >= 11 is 6.83. The Balaban J connectivity index is -0.000000293. The van der Waals surface area contributed by atoms with Gasteiger partial charge in [0.1, 0.15) is 12.2 Å². The first-order valence-corrected chi connectivity index (χ1v) is 8.98. The summed E-state index contributed by atoms with van der Waals surface area (Å²) in [4.78, 5) is 27.8. The van der Waals surface area contributed by atoms with Crippen molar-refractivity contribution in [3.8, 4) is 0 Å². The Kier molecular flexibility index (Phi) is 26.5. The normalized spacial score (nSPS) is 17.3. The van der Waals surface area contributed by atoms with E-state index in [2.05, 4.69) is 31.8 Å². The van der Waals surface area contributed by atoms with Crippen LogP contribution in [0.5, 0.6) is 0 Å². The second-order valence-corrected chi connectivity index (χ2v) is 5.17. The van der Waals surface area contributed by atoms with Crippen molar-refractivity contribution in [1.29, 1.82) is 0 Å². The maximum atomic E-state index is 9.29. The van der Waals surface area contributed by atoms with Crippen LogP contribution in [-0.2, 0) is 28.6 Å². The van der Waals surface area contributed by atoms with Gasteiger partial charge in [-0.3, -0.25) is 9.59 Å². The first-order valence-electron chi connectivity index (χ1n) is 7.71. The summed E-state index contributed by atoms with van der Waals surface area (Å²) in [6, 6.07) is 0. The molecule has 0 bridgehead atoms. The van der Waals surface area contributed by atoms with E-state index in [0.717, 1.165) is 32.5 Å². The van der Waals surface area contributed by atoms with Crippen molar-refractivity contribution in [2.24, 2.45) is 0 Å². The van der Waals surface area contributed by atoms with E-state index in [1.165, 1.54) is 0 Å². The lowest BCUT2D eigenvalue weighted by molar-refractivity contribution is -0.134. The topological polar surface area (TPSA) is 187 Å². The van der Waals surface area contributed by atoms with E-state index < -0.39 is 17.9 Å². The molecule has 2 aliphatic rings. The average molecular weight is 449 g/mol. The molecule has 13 heteroatoms. The minimum absolute atomic E-state index is 0.0833. The monoisotopic (exact) mass is 448 g/mol. The van der Waals surface area contributed by atoms with Gasteiger partial charge in [-0.1, -0.05) is 6.58 Å². The molecule has 11 nitrogen and oxygen atoms in total. The second kappa shape index (κ2) is 23.7. The minimum Gasteiger partial charge on any atom is -0.481 e. The molecule has 2 heterocycles. The summed E-state index contributed by atoms with van der Waals surface area (Å²) in [6.45, 7) is 5.97. The molecule has 0 aromatic rings. The van der Waals surface area contributed by atoms with Gasteiger partial charge < -0.3 is 39.7 Å². The highest BCUT2D eigenvalue weighted by molar-refractivity contribution is 7.81. The van der Waals surface area contributed by atoms with E-state index in [4.69, 9.17) is 39.7 Å². The van der Waals surface area contributed by atoms with Crippen LogP contribution in [0.2, 0.25) is 0 Å². The van der Waals surface area contributed by atoms with Crippen LogP contribution in [0.15, 0.2) is 12.7 Å². The van der Waals surface area contributed by atoms with Crippen LogP contribution >= 0.6 is 25.3 Å². The number of rotatable bonds is 8. The van der Waals surface area contributed by atoms with Gasteiger partial charge in [-0.15, -0.1) is 0 Å². The number of aliphatic carboxylic acids is 3. The van der Waals surface area contributed by atoms with Crippen molar-refractivity contribution < 1.29 is 54.1 Å². The predicted molar refractivity (Wildman–Crippen MR) is 105 cm³/mol. The highest BCUT2D eigenvalue weighted by Gasteiger charge is 2.26. The van der Waals surface area contributed by atoms with Crippen LogP contribution in [0.4, 0.5) is 0 Å². The van der Waals surface area contributed by atoms with E-state index >= 15 is 0 Å². The predicted octanol–water partition coefficient (Wildman–Crippen LogP) is -0.970. The number of ether oxygens (including phenoxy) is 3. The number of carbonyl (C=O) groups is 3. The molecule has 28 heavy (non-hydrogen) atoms. The van der Waals surface area contributed by atoms with Crippen LogP contribution in [0.25, 0.3) is 0 Å².